The van der Waals surface area contributed by atoms with Gasteiger partial charge >= 0.3 is 12.8 Å². The molecule has 0 aromatic carbocycles. The van der Waals surface area contributed by atoms with Gasteiger partial charge in [0.1, 0.15) is 16.9 Å². The Bertz CT molecular complexity index is 1120. The number of nitrogens with zero attached hydrogens (tertiary/aromatic N) is 2. The average Bonchev–Trinajstić information content (AvgIpc) is 3.24. The average molecular weight is 564 g/mol. The van der Waals surface area contributed by atoms with Crippen LogP contribution >= 0.6 is 11.8 Å². The summed E-state index contributed by atoms with van der Waals surface area (Å²) in [6, 6.07) is 3.75. The second-order valence-electron chi connectivity index (χ2n) is 12.7. The summed E-state index contributed by atoms with van der Waals surface area (Å²) in [6.45, 7) is -1.36. The Labute approximate surface area is 230 Å². The molecule has 6 saturated carbocycles. The standard InChI is InChI=1S/C28H35F2N3O5S/c29-26(30)38-28-9-14-7-15(10-28)22(16(8-14)11-28)32-24(34)18-5-6-21(31-25(18)39-17-3-1-2-4-17)33-12-19-20(13-33)23(19)37-27(35)36/h5-6,14-17,19-20,22-23,26H,1-4,7-13H2,(H,32,34)(H,35,36)/t14?,15?,16?,19-,20+,22?,23?,28?. The molecule has 39 heavy (non-hydrogen) atoms. The Balaban J connectivity index is 1.07. The van der Waals surface area contributed by atoms with E-state index in [0.717, 1.165) is 36.5 Å². The summed E-state index contributed by atoms with van der Waals surface area (Å²) in [5.41, 5.74) is -0.150. The van der Waals surface area contributed by atoms with Gasteiger partial charge in [-0.3, -0.25) is 4.79 Å². The Morgan fingerprint density at radius 3 is 2.44 bits per heavy atom. The van der Waals surface area contributed by atoms with E-state index in [0.29, 0.717) is 49.1 Å². The number of amides is 1. The molecule has 7 aliphatic rings. The third-order valence-electron chi connectivity index (χ3n) is 10.2. The van der Waals surface area contributed by atoms with Gasteiger partial charge in [-0.1, -0.05) is 12.8 Å². The van der Waals surface area contributed by atoms with E-state index >= 15 is 0 Å². The number of carbonyl (C=O) groups is 2. The van der Waals surface area contributed by atoms with Crippen molar-refractivity contribution >= 4 is 29.6 Å². The number of hydrogen-bond donors (Lipinski definition) is 2. The SMILES string of the molecule is O=C(O)OC1[C@H]2CN(c3ccc(C(=O)NC4C5CC6CC4CC(OC(F)F)(C6)C5)c(SC4CCCC4)n3)C[C@@H]12. The molecule has 7 fully saturated rings. The maximum atomic E-state index is 13.7. The van der Waals surface area contributed by atoms with Gasteiger partial charge in [0.05, 0.1) is 11.2 Å². The maximum absolute atomic E-state index is 13.7. The molecule has 0 spiro atoms. The van der Waals surface area contributed by atoms with E-state index in [-0.39, 0.29) is 41.7 Å². The van der Waals surface area contributed by atoms with Crippen molar-refractivity contribution in [3.63, 3.8) is 0 Å². The zero-order chi connectivity index (χ0) is 26.9. The number of halogens is 2. The first kappa shape index (κ1) is 25.8. The van der Waals surface area contributed by atoms with Crippen LogP contribution in [-0.2, 0) is 9.47 Å². The smallest absolute Gasteiger partial charge is 0.450 e. The number of fused-ring (bicyclic) bond motifs is 1. The highest BCUT2D eigenvalue weighted by Crippen LogP contribution is 2.57. The predicted molar refractivity (Wildman–Crippen MR) is 139 cm³/mol. The fourth-order valence-corrected chi connectivity index (χ4v) is 10.1. The molecule has 1 aromatic heterocycles. The van der Waals surface area contributed by atoms with Gasteiger partial charge in [-0.15, -0.1) is 11.8 Å². The molecule has 1 saturated heterocycles. The Morgan fingerprint density at radius 1 is 1.10 bits per heavy atom. The highest BCUT2D eigenvalue weighted by atomic mass is 32.2. The van der Waals surface area contributed by atoms with Gasteiger partial charge in [0, 0.05) is 36.2 Å². The van der Waals surface area contributed by atoms with Crippen LogP contribution in [0.4, 0.5) is 19.4 Å². The topological polar surface area (TPSA) is 101 Å². The van der Waals surface area contributed by atoms with Gasteiger partial charge in [0.15, 0.2) is 0 Å². The van der Waals surface area contributed by atoms with Gasteiger partial charge in [-0.2, -0.15) is 8.78 Å². The highest BCUT2D eigenvalue weighted by Gasteiger charge is 2.59. The van der Waals surface area contributed by atoms with Crippen LogP contribution in [0, 0.1) is 29.6 Å². The van der Waals surface area contributed by atoms with Crippen LogP contribution in [0.15, 0.2) is 17.2 Å². The van der Waals surface area contributed by atoms with E-state index in [1.807, 2.05) is 12.1 Å². The molecule has 1 amide bonds. The summed E-state index contributed by atoms with van der Waals surface area (Å²) < 4.78 is 36.5. The largest absolute Gasteiger partial charge is 0.506 e. The molecule has 3 unspecified atom stereocenters. The lowest BCUT2D eigenvalue weighted by molar-refractivity contribution is -0.260. The van der Waals surface area contributed by atoms with E-state index in [1.54, 1.807) is 11.8 Å². The van der Waals surface area contributed by atoms with E-state index in [2.05, 4.69) is 10.2 Å². The monoisotopic (exact) mass is 563 g/mol. The Kier molecular flexibility index (Phi) is 6.45. The summed E-state index contributed by atoms with van der Waals surface area (Å²) in [4.78, 5) is 31.8. The molecule has 0 radical (unpaired) electrons. The molecule has 11 heteroatoms. The van der Waals surface area contributed by atoms with Gasteiger partial charge in [-0.25, -0.2) is 9.78 Å². The minimum absolute atomic E-state index is 0.0238. The quantitative estimate of drug-likeness (QED) is 0.419. The van der Waals surface area contributed by atoms with E-state index < -0.39 is 18.4 Å². The fourth-order valence-electron chi connectivity index (χ4n) is 8.73. The number of pyridine rings is 1. The number of ether oxygens (including phenoxy) is 2. The van der Waals surface area contributed by atoms with Gasteiger partial charge < -0.3 is 24.8 Å². The minimum atomic E-state index is -2.76. The molecule has 1 aromatic rings. The van der Waals surface area contributed by atoms with Crippen LogP contribution in [0.5, 0.6) is 0 Å². The first-order valence-electron chi connectivity index (χ1n) is 14.4. The number of aromatic nitrogens is 1. The summed E-state index contributed by atoms with van der Waals surface area (Å²) >= 11 is 1.69. The third-order valence-corrected chi connectivity index (χ3v) is 11.5. The fraction of sp³-hybridized carbons (Fsp3) is 0.750. The lowest BCUT2D eigenvalue weighted by Gasteiger charge is -2.59. The van der Waals surface area contributed by atoms with Gasteiger partial charge in [0.25, 0.3) is 5.91 Å². The van der Waals surface area contributed by atoms with Crippen molar-refractivity contribution in [2.45, 2.75) is 92.4 Å². The molecule has 2 N–H and O–H groups in total. The zero-order valence-electron chi connectivity index (χ0n) is 21.8. The van der Waals surface area contributed by atoms with Crippen molar-refractivity contribution < 1.29 is 33.0 Å². The number of carboxylic acid groups (broad SMARTS) is 1. The van der Waals surface area contributed by atoms with Gasteiger partial charge in [-0.05, 0) is 74.8 Å². The number of alkyl halides is 2. The number of piperidine rings is 1. The molecular weight excluding hydrogens is 528 g/mol. The normalized spacial score (nSPS) is 38.3. The lowest BCUT2D eigenvalue weighted by Crippen LogP contribution is -2.62. The number of rotatable bonds is 8. The number of nitrogens with one attached hydrogen (secondary N) is 1. The Hall–Kier alpha value is -2.14. The number of thioether (sulfide) groups is 1. The molecule has 1 aliphatic heterocycles. The van der Waals surface area contributed by atoms with Crippen molar-refractivity contribution in [2.75, 3.05) is 18.0 Å². The second kappa shape index (κ2) is 9.75. The second-order valence-corrected chi connectivity index (χ2v) is 13.9. The summed E-state index contributed by atoms with van der Waals surface area (Å²) in [5.74, 6) is 1.81. The van der Waals surface area contributed by atoms with Crippen LogP contribution in [0.2, 0.25) is 0 Å². The van der Waals surface area contributed by atoms with Crippen molar-refractivity contribution in [3.05, 3.63) is 17.7 Å². The summed E-state index contributed by atoms with van der Waals surface area (Å²) in [7, 11) is 0. The van der Waals surface area contributed by atoms with Crippen molar-refractivity contribution in [2.24, 2.45) is 29.6 Å². The number of carbonyl (C=O) groups excluding carboxylic acids is 1. The zero-order valence-corrected chi connectivity index (χ0v) is 22.6. The summed E-state index contributed by atoms with van der Waals surface area (Å²) in [5, 5.41) is 13.4. The van der Waals surface area contributed by atoms with Crippen LogP contribution in [0.1, 0.15) is 68.1 Å². The first-order chi connectivity index (χ1) is 18.8. The maximum Gasteiger partial charge on any atom is 0.506 e. The van der Waals surface area contributed by atoms with Gasteiger partial charge in [0.2, 0.25) is 0 Å². The van der Waals surface area contributed by atoms with Crippen LogP contribution in [-0.4, -0.2) is 64.9 Å². The van der Waals surface area contributed by atoms with Crippen LogP contribution in [0.25, 0.3) is 0 Å². The van der Waals surface area contributed by atoms with E-state index in [1.165, 1.54) is 12.8 Å². The number of anilines is 1. The van der Waals surface area contributed by atoms with Crippen LogP contribution < -0.4 is 10.2 Å². The molecule has 8 rings (SSSR count). The molecule has 2 heterocycles. The third kappa shape index (κ3) is 4.87. The Morgan fingerprint density at radius 2 is 1.79 bits per heavy atom. The lowest BCUT2D eigenvalue weighted by atomic mass is 9.52. The van der Waals surface area contributed by atoms with E-state index in [9.17, 15) is 18.4 Å². The first-order valence-corrected chi connectivity index (χ1v) is 15.2. The highest BCUT2D eigenvalue weighted by molar-refractivity contribution is 7.99. The van der Waals surface area contributed by atoms with Crippen molar-refractivity contribution in [1.82, 2.24) is 10.3 Å². The summed E-state index contributed by atoms with van der Waals surface area (Å²) in [6.07, 6.45) is 6.95. The van der Waals surface area contributed by atoms with Crippen molar-refractivity contribution in [1.29, 1.82) is 0 Å². The van der Waals surface area contributed by atoms with Crippen LogP contribution in [0.3, 0.4) is 0 Å². The minimum Gasteiger partial charge on any atom is -0.450 e. The molecule has 6 aliphatic carbocycles. The number of hydrogen-bond acceptors (Lipinski definition) is 7. The molecule has 5 atom stereocenters. The molecular formula is C28H35F2N3O5S. The molecule has 212 valence electrons. The molecule has 4 bridgehead atoms. The molecule has 8 nitrogen and oxygen atoms in total. The van der Waals surface area contributed by atoms with Crippen molar-refractivity contribution in [3.8, 4) is 0 Å². The predicted octanol–water partition coefficient (Wildman–Crippen LogP) is 5.16. The van der Waals surface area contributed by atoms with E-state index in [4.69, 9.17) is 19.6 Å².